The van der Waals surface area contributed by atoms with Crippen molar-refractivity contribution in [1.29, 1.82) is 0 Å². The Morgan fingerprint density at radius 3 is 2.39 bits per heavy atom. The minimum absolute atomic E-state index is 0.0542. The van der Waals surface area contributed by atoms with E-state index < -0.39 is 0 Å². The van der Waals surface area contributed by atoms with Crippen LogP contribution in [0.2, 0.25) is 0 Å². The van der Waals surface area contributed by atoms with E-state index in [0.717, 1.165) is 23.2 Å². The van der Waals surface area contributed by atoms with E-state index in [4.69, 9.17) is 4.98 Å². The van der Waals surface area contributed by atoms with Crippen LogP contribution in [0.1, 0.15) is 43.5 Å². The molecule has 4 aromatic rings. The van der Waals surface area contributed by atoms with Gasteiger partial charge in [0.25, 0.3) is 5.56 Å². The van der Waals surface area contributed by atoms with E-state index in [9.17, 15) is 9.59 Å². The molecule has 2 heterocycles. The van der Waals surface area contributed by atoms with E-state index in [-0.39, 0.29) is 23.9 Å². The summed E-state index contributed by atoms with van der Waals surface area (Å²) in [7, 11) is 0. The molecule has 7 heteroatoms. The van der Waals surface area contributed by atoms with Crippen LogP contribution in [0, 0.1) is 6.92 Å². The smallest absolute Gasteiger partial charge is 0.279 e. The summed E-state index contributed by atoms with van der Waals surface area (Å²) in [6, 6.07) is 19.8. The van der Waals surface area contributed by atoms with Crippen molar-refractivity contribution in [3.05, 3.63) is 87.8 Å². The highest BCUT2D eigenvalue weighted by Crippen LogP contribution is 2.18. The maximum absolute atomic E-state index is 13.4. The third-order valence-electron chi connectivity index (χ3n) is 5.96. The normalized spacial score (nSPS) is 12.1. The number of benzene rings is 2. The fourth-order valence-corrected chi connectivity index (χ4v) is 3.85. The zero-order valence-corrected chi connectivity index (χ0v) is 19.3. The summed E-state index contributed by atoms with van der Waals surface area (Å²) in [4.78, 5) is 30.5. The van der Waals surface area contributed by atoms with Gasteiger partial charge in [-0.1, -0.05) is 67.6 Å². The molecule has 0 spiro atoms. The summed E-state index contributed by atoms with van der Waals surface area (Å²) in [6.45, 7) is 6.47. The summed E-state index contributed by atoms with van der Waals surface area (Å²) in [6.07, 6.45) is 1.46. The molecule has 0 aliphatic carbocycles. The summed E-state index contributed by atoms with van der Waals surface area (Å²) in [5, 5.41) is 7.52. The largest absolute Gasteiger partial charge is 0.354 e. The maximum Gasteiger partial charge on any atom is 0.279 e. The van der Waals surface area contributed by atoms with Gasteiger partial charge in [0.1, 0.15) is 0 Å². The van der Waals surface area contributed by atoms with Gasteiger partial charge in [0.15, 0.2) is 5.82 Å². The highest BCUT2D eigenvalue weighted by atomic mass is 16.1. The molecule has 170 valence electrons. The summed E-state index contributed by atoms with van der Waals surface area (Å²) >= 11 is 0. The van der Waals surface area contributed by atoms with E-state index in [1.807, 2.05) is 86.0 Å². The number of carbonyl (C=O) groups excluding carboxylic acids is 1. The van der Waals surface area contributed by atoms with Gasteiger partial charge in [0.2, 0.25) is 11.7 Å². The molecule has 7 nitrogen and oxygen atoms in total. The van der Waals surface area contributed by atoms with Crippen LogP contribution < -0.4 is 10.9 Å². The SMILES string of the molecule is CCC(C)NC(=O)CCc1c(C)n(Cc2ccccc2)c2nc(-c3ccccc3)nn2c1=O. The number of nitrogens with zero attached hydrogens (tertiary/aromatic N) is 4. The maximum atomic E-state index is 13.4. The van der Waals surface area contributed by atoms with Crippen LogP contribution in [0.25, 0.3) is 17.2 Å². The Hall–Kier alpha value is -3.74. The lowest BCUT2D eigenvalue weighted by Crippen LogP contribution is -2.33. The number of aromatic nitrogens is 4. The van der Waals surface area contributed by atoms with Gasteiger partial charge < -0.3 is 9.88 Å². The van der Waals surface area contributed by atoms with Crippen molar-refractivity contribution < 1.29 is 4.79 Å². The van der Waals surface area contributed by atoms with E-state index in [1.54, 1.807) is 0 Å². The second-order valence-corrected chi connectivity index (χ2v) is 8.33. The number of hydrogen-bond acceptors (Lipinski definition) is 4. The molecule has 1 atom stereocenters. The Labute approximate surface area is 193 Å². The van der Waals surface area contributed by atoms with Gasteiger partial charge >= 0.3 is 0 Å². The highest BCUT2D eigenvalue weighted by molar-refractivity contribution is 5.76. The zero-order valence-electron chi connectivity index (χ0n) is 19.3. The average Bonchev–Trinajstić information content (AvgIpc) is 3.28. The topological polar surface area (TPSA) is 81.3 Å². The highest BCUT2D eigenvalue weighted by Gasteiger charge is 2.19. The van der Waals surface area contributed by atoms with Crippen LogP contribution in [0.15, 0.2) is 65.5 Å². The van der Waals surface area contributed by atoms with Gasteiger partial charge in [0, 0.05) is 29.3 Å². The summed E-state index contributed by atoms with van der Waals surface area (Å²) in [5.41, 5.74) is 3.11. The van der Waals surface area contributed by atoms with Crippen molar-refractivity contribution in [2.45, 2.75) is 52.6 Å². The van der Waals surface area contributed by atoms with Gasteiger partial charge in [-0.3, -0.25) is 9.59 Å². The van der Waals surface area contributed by atoms with Gasteiger partial charge in [-0.15, -0.1) is 5.10 Å². The molecule has 0 fully saturated rings. The number of carbonyl (C=O) groups is 1. The third-order valence-corrected chi connectivity index (χ3v) is 5.96. The second-order valence-electron chi connectivity index (χ2n) is 8.33. The molecule has 0 bridgehead atoms. The molecule has 0 aliphatic rings. The molecular weight excluding hydrogens is 414 g/mol. The fraction of sp³-hybridized carbons (Fsp3) is 0.308. The van der Waals surface area contributed by atoms with Crippen molar-refractivity contribution >= 4 is 11.7 Å². The quantitative estimate of drug-likeness (QED) is 0.450. The first-order chi connectivity index (χ1) is 16.0. The third kappa shape index (κ3) is 4.87. The molecule has 4 rings (SSSR count). The van der Waals surface area contributed by atoms with Crippen LogP contribution in [-0.4, -0.2) is 31.1 Å². The minimum atomic E-state index is -0.224. The molecule has 0 saturated carbocycles. The number of hydrogen-bond donors (Lipinski definition) is 1. The van der Waals surface area contributed by atoms with Crippen molar-refractivity contribution in [2.24, 2.45) is 0 Å². The van der Waals surface area contributed by atoms with E-state index >= 15 is 0 Å². The number of amides is 1. The van der Waals surface area contributed by atoms with Gasteiger partial charge in [-0.25, -0.2) is 0 Å². The second kappa shape index (κ2) is 9.81. The first kappa shape index (κ1) is 22.5. The lowest BCUT2D eigenvalue weighted by molar-refractivity contribution is -0.121. The Bertz CT molecular complexity index is 1310. The lowest BCUT2D eigenvalue weighted by Gasteiger charge is -2.16. The van der Waals surface area contributed by atoms with Crippen LogP contribution in [-0.2, 0) is 17.8 Å². The molecular formula is C26H29N5O2. The number of rotatable bonds is 8. The predicted molar refractivity (Wildman–Crippen MR) is 129 cm³/mol. The molecule has 0 radical (unpaired) electrons. The van der Waals surface area contributed by atoms with Crippen molar-refractivity contribution in [3.63, 3.8) is 0 Å². The van der Waals surface area contributed by atoms with Crippen molar-refractivity contribution in [2.75, 3.05) is 0 Å². The van der Waals surface area contributed by atoms with Crippen LogP contribution >= 0.6 is 0 Å². The fourth-order valence-electron chi connectivity index (χ4n) is 3.85. The van der Waals surface area contributed by atoms with E-state index in [0.29, 0.717) is 30.1 Å². The Kier molecular flexibility index (Phi) is 6.68. The molecule has 2 aromatic carbocycles. The standard InChI is InChI=1S/C26H29N5O2/c1-4-18(2)27-23(32)16-15-22-19(3)30(17-20-11-7-5-8-12-20)26-28-24(29-31(26)25(22)33)21-13-9-6-10-14-21/h5-14,18H,4,15-17H2,1-3H3,(H,27,32). The van der Waals surface area contributed by atoms with Crippen molar-refractivity contribution in [1.82, 2.24) is 24.5 Å². The Morgan fingerprint density at radius 1 is 1.06 bits per heavy atom. The first-order valence-corrected chi connectivity index (χ1v) is 11.4. The van der Waals surface area contributed by atoms with Gasteiger partial charge in [0.05, 0.1) is 6.54 Å². The van der Waals surface area contributed by atoms with E-state index in [1.165, 1.54) is 4.52 Å². The van der Waals surface area contributed by atoms with Crippen LogP contribution in [0.4, 0.5) is 0 Å². The molecule has 2 aromatic heterocycles. The summed E-state index contributed by atoms with van der Waals surface area (Å²) in [5.74, 6) is 0.940. The minimum Gasteiger partial charge on any atom is -0.354 e. The molecule has 0 saturated heterocycles. The first-order valence-electron chi connectivity index (χ1n) is 11.4. The molecule has 1 amide bonds. The van der Waals surface area contributed by atoms with E-state index in [2.05, 4.69) is 10.4 Å². The van der Waals surface area contributed by atoms with Gasteiger partial charge in [-0.05, 0) is 32.3 Å². The molecule has 0 aliphatic heterocycles. The summed E-state index contributed by atoms with van der Waals surface area (Å²) < 4.78 is 3.39. The lowest BCUT2D eigenvalue weighted by atomic mass is 10.1. The monoisotopic (exact) mass is 443 g/mol. The van der Waals surface area contributed by atoms with Crippen LogP contribution in [0.5, 0.6) is 0 Å². The number of nitrogens with one attached hydrogen (secondary N) is 1. The Morgan fingerprint density at radius 2 is 1.73 bits per heavy atom. The van der Waals surface area contributed by atoms with Gasteiger partial charge in [-0.2, -0.15) is 9.50 Å². The van der Waals surface area contributed by atoms with Crippen LogP contribution in [0.3, 0.4) is 0 Å². The molecule has 1 N–H and O–H groups in total. The number of fused-ring (bicyclic) bond motifs is 1. The molecule has 33 heavy (non-hydrogen) atoms. The Balaban J connectivity index is 1.79. The zero-order chi connectivity index (χ0) is 23.4. The van der Waals surface area contributed by atoms with Crippen molar-refractivity contribution in [3.8, 4) is 11.4 Å². The molecule has 1 unspecified atom stereocenters. The predicted octanol–water partition coefficient (Wildman–Crippen LogP) is 3.76. The average molecular weight is 444 g/mol.